The quantitative estimate of drug-likeness (QED) is 0.346. The molecule has 1 amide bonds. The van der Waals surface area contributed by atoms with Crippen LogP contribution in [0.5, 0.6) is 0 Å². The Kier molecular flexibility index (Phi) is 4.69. The molecule has 0 saturated heterocycles. The summed E-state index contributed by atoms with van der Waals surface area (Å²) in [5.74, 6) is -1.79. The molecule has 0 atom stereocenters. The number of nitro benzene ring substituents is 1. The van der Waals surface area contributed by atoms with Crippen molar-refractivity contribution >= 4 is 18.1 Å². The number of benzene rings is 1. The molecule has 2 rings (SSSR count). The molecule has 0 bridgehead atoms. The summed E-state index contributed by atoms with van der Waals surface area (Å²) in [6.07, 6.45) is 1.75. The third-order valence-corrected chi connectivity index (χ3v) is 3.20. The Labute approximate surface area is 129 Å². The number of nitrogens with two attached hydrogens (primary N) is 1. The van der Waals surface area contributed by atoms with Crippen LogP contribution in [0.2, 0.25) is 0 Å². The molecule has 0 saturated carbocycles. The molecular weight excluding hydrogens is 309 g/mol. The van der Waals surface area contributed by atoms with Gasteiger partial charge in [-0.1, -0.05) is 0 Å². The van der Waals surface area contributed by atoms with E-state index < -0.39 is 22.3 Å². The Morgan fingerprint density at radius 3 is 2.78 bits per heavy atom. The first-order valence-corrected chi connectivity index (χ1v) is 6.45. The van der Waals surface area contributed by atoms with Crippen LogP contribution in [0.15, 0.2) is 24.4 Å². The zero-order valence-corrected chi connectivity index (χ0v) is 11.7. The second kappa shape index (κ2) is 6.69. The van der Waals surface area contributed by atoms with Crippen LogP contribution in [-0.4, -0.2) is 28.9 Å². The van der Waals surface area contributed by atoms with Gasteiger partial charge in [0, 0.05) is 24.2 Å². The first kappa shape index (κ1) is 16.1. The van der Waals surface area contributed by atoms with E-state index in [0.717, 1.165) is 12.1 Å². The minimum Gasteiger partial charge on any atom is -0.468 e. The number of hydrogen-bond acceptors (Lipinski definition) is 5. The maximum atomic E-state index is 13.8. The smallest absolute Gasteiger partial charge is 0.304 e. The number of carbonyl (C=O) groups is 2. The van der Waals surface area contributed by atoms with Gasteiger partial charge in [-0.25, -0.2) is 0 Å². The molecule has 0 unspecified atom stereocenters. The van der Waals surface area contributed by atoms with Gasteiger partial charge in [0.2, 0.25) is 5.82 Å². The summed E-state index contributed by atoms with van der Waals surface area (Å²) in [4.78, 5) is 34.2. The van der Waals surface area contributed by atoms with E-state index in [4.69, 9.17) is 5.73 Å². The van der Waals surface area contributed by atoms with Crippen molar-refractivity contribution in [1.82, 2.24) is 4.98 Å². The molecule has 1 aromatic heterocycles. The van der Waals surface area contributed by atoms with Crippen LogP contribution < -0.4 is 5.73 Å². The van der Waals surface area contributed by atoms with Gasteiger partial charge in [-0.15, -0.1) is 0 Å². The summed E-state index contributed by atoms with van der Waals surface area (Å²) >= 11 is 0. The largest absolute Gasteiger partial charge is 0.468 e. The summed E-state index contributed by atoms with van der Waals surface area (Å²) < 4.78 is 18.4. The van der Waals surface area contributed by atoms with Gasteiger partial charge in [-0.2, -0.15) is 4.39 Å². The lowest BCUT2D eigenvalue weighted by molar-refractivity contribution is -0.387. The average molecular weight is 321 g/mol. The van der Waals surface area contributed by atoms with Crippen LogP contribution in [0.3, 0.4) is 0 Å². The number of nitrogens with zero attached hydrogens (tertiary/aromatic N) is 1. The van der Waals surface area contributed by atoms with E-state index in [1.165, 1.54) is 12.3 Å². The van der Waals surface area contributed by atoms with Gasteiger partial charge in [0.25, 0.3) is 12.4 Å². The summed E-state index contributed by atoms with van der Waals surface area (Å²) in [6, 6.07) is 3.28. The Morgan fingerprint density at radius 1 is 1.48 bits per heavy atom. The minimum absolute atomic E-state index is 0.0411. The van der Waals surface area contributed by atoms with E-state index in [-0.39, 0.29) is 30.8 Å². The third-order valence-electron chi connectivity index (χ3n) is 3.20. The highest BCUT2D eigenvalue weighted by molar-refractivity contribution is 5.99. The summed E-state index contributed by atoms with van der Waals surface area (Å²) in [5.41, 5.74) is 5.79. The lowest BCUT2D eigenvalue weighted by Crippen LogP contribution is -2.13. The van der Waals surface area contributed by atoms with E-state index in [1.54, 1.807) is 0 Å². The van der Waals surface area contributed by atoms with E-state index >= 15 is 0 Å². The van der Waals surface area contributed by atoms with Crippen LogP contribution >= 0.6 is 0 Å². The standard InChI is InChI=1S/C14H12FN3O5/c15-10-5-8(1-2-11(10)18(21)22)12-9(3-4-23-7-19)6-17-13(12)14(16)20/h1-2,5-7,17H,3-4H2,(H2,16,20). The summed E-state index contributed by atoms with van der Waals surface area (Å²) in [7, 11) is 0. The topological polar surface area (TPSA) is 128 Å². The number of nitrogens with one attached hydrogen (secondary N) is 1. The molecule has 9 heteroatoms. The van der Waals surface area contributed by atoms with Crippen molar-refractivity contribution in [2.75, 3.05) is 6.61 Å². The second-order valence-electron chi connectivity index (χ2n) is 4.57. The second-order valence-corrected chi connectivity index (χ2v) is 4.57. The molecule has 0 radical (unpaired) electrons. The summed E-state index contributed by atoms with van der Waals surface area (Å²) in [5, 5.41) is 10.7. The fourth-order valence-electron chi connectivity index (χ4n) is 2.21. The van der Waals surface area contributed by atoms with E-state index in [1.807, 2.05) is 0 Å². The molecule has 23 heavy (non-hydrogen) atoms. The molecular formula is C14H12FN3O5. The number of amides is 1. The van der Waals surface area contributed by atoms with Gasteiger partial charge in [0.1, 0.15) is 5.69 Å². The van der Waals surface area contributed by atoms with Crippen LogP contribution in [0.25, 0.3) is 11.1 Å². The monoisotopic (exact) mass is 321 g/mol. The maximum absolute atomic E-state index is 13.8. The third kappa shape index (κ3) is 3.34. The lowest BCUT2D eigenvalue weighted by Gasteiger charge is -2.07. The van der Waals surface area contributed by atoms with Gasteiger partial charge < -0.3 is 15.5 Å². The van der Waals surface area contributed by atoms with Crippen LogP contribution in [0.1, 0.15) is 16.1 Å². The lowest BCUT2D eigenvalue weighted by atomic mass is 9.99. The van der Waals surface area contributed by atoms with E-state index in [2.05, 4.69) is 9.72 Å². The van der Waals surface area contributed by atoms with Gasteiger partial charge in [0.05, 0.1) is 11.5 Å². The predicted octanol–water partition coefficient (Wildman–Crippen LogP) is 1.54. The number of aromatic nitrogens is 1. The van der Waals surface area contributed by atoms with Crippen molar-refractivity contribution in [3.05, 3.63) is 51.6 Å². The number of H-pyrrole nitrogens is 1. The number of primary amides is 1. The van der Waals surface area contributed by atoms with Crippen molar-refractivity contribution in [2.45, 2.75) is 6.42 Å². The molecule has 2 aromatic rings. The molecule has 120 valence electrons. The predicted molar refractivity (Wildman–Crippen MR) is 77.1 cm³/mol. The van der Waals surface area contributed by atoms with Gasteiger partial charge in [0.15, 0.2) is 0 Å². The maximum Gasteiger partial charge on any atom is 0.304 e. The van der Waals surface area contributed by atoms with Gasteiger partial charge in [-0.3, -0.25) is 19.7 Å². The number of halogens is 1. The number of ether oxygens (including phenoxy) is 1. The highest BCUT2D eigenvalue weighted by Crippen LogP contribution is 2.31. The molecule has 0 aliphatic heterocycles. The Hall–Kier alpha value is -3.23. The van der Waals surface area contributed by atoms with Crippen molar-refractivity contribution < 1.29 is 23.6 Å². The Morgan fingerprint density at radius 2 is 2.22 bits per heavy atom. The van der Waals surface area contributed by atoms with E-state index in [9.17, 15) is 24.1 Å². The molecule has 0 fully saturated rings. The van der Waals surface area contributed by atoms with Gasteiger partial charge in [-0.05, 0) is 23.3 Å². The molecule has 0 aliphatic rings. The first-order valence-electron chi connectivity index (χ1n) is 6.45. The normalized spacial score (nSPS) is 10.3. The van der Waals surface area contributed by atoms with Crippen molar-refractivity contribution in [2.24, 2.45) is 5.73 Å². The van der Waals surface area contributed by atoms with Crippen molar-refractivity contribution in [3.8, 4) is 11.1 Å². The zero-order chi connectivity index (χ0) is 17.0. The SMILES string of the molecule is NC(=O)c1[nH]cc(CCOC=O)c1-c1ccc([N+](=O)[O-])c(F)c1. The summed E-state index contributed by atoms with van der Waals surface area (Å²) in [6.45, 7) is 0.342. The number of aromatic amines is 1. The van der Waals surface area contributed by atoms with Crippen LogP contribution in [0, 0.1) is 15.9 Å². The minimum atomic E-state index is -1.03. The van der Waals surface area contributed by atoms with E-state index in [0.29, 0.717) is 11.1 Å². The van der Waals surface area contributed by atoms with Crippen LogP contribution in [0.4, 0.5) is 10.1 Å². The van der Waals surface area contributed by atoms with Crippen LogP contribution in [-0.2, 0) is 16.0 Å². The number of hydrogen-bond donors (Lipinski definition) is 2. The molecule has 1 aromatic carbocycles. The highest BCUT2D eigenvalue weighted by atomic mass is 19.1. The van der Waals surface area contributed by atoms with Crippen molar-refractivity contribution in [1.29, 1.82) is 0 Å². The zero-order valence-electron chi connectivity index (χ0n) is 11.7. The fourth-order valence-corrected chi connectivity index (χ4v) is 2.21. The molecule has 0 aliphatic carbocycles. The molecule has 0 spiro atoms. The number of nitro groups is 1. The Bertz CT molecular complexity index is 772. The average Bonchev–Trinajstić information content (AvgIpc) is 2.91. The Balaban J connectivity index is 2.49. The fraction of sp³-hybridized carbons (Fsp3) is 0.143. The molecule has 1 heterocycles. The highest BCUT2D eigenvalue weighted by Gasteiger charge is 2.20. The van der Waals surface area contributed by atoms with Gasteiger partial charge >= 0.3 is 5.69 Å². The number of rotatable bonds is 7. The van der Waals surface area contributed by atoms with Crippen molar-refractivity contribution in [3.63, 3.8) is 0 Å². The molecule has 8 nitrogen and oxygen atoms in total. The molecule has 3 N–H and O–H groups in total. The number of carbonyl (C=O) groups excluding carboxylic acids is 2. The first-order chi connectivity index (χ1) is 11.0.